The minimum absolute atomic E-state index is 0.0583. The van der Waals surface area contributed by atoms with E-state index in [9.17, 15) is 13.2 Å². The second kappa shape index (κ2) is 6.60. The fourth-order valence-electron chi connectivity index (χ4n) is 1.37. The van der Waals surface area contributed by atoms with Gasteiger partial charge in [-0.2, -0.15) is 13.2 Å². The minimum Gasteiger partial charge on any atom is -0.409 e. The average molecular weight is 351 g/mol. The second-order valence-corrected chi connectivity index (χ2v) is 5.00. The van der Waals surface area contributed by atoms with Crippen LogP contribution < -0.4 is 11.1 Å². The Balaban J connectivity index is 2.95. The van der Waals surface area contributed by atoms with E-state index < -0.39 is 24.5 Å². The van der Waals surface area contributed by atoms with E-state index in [1.54, 1.807) is 0 Å². The predicted octanol–water partition coefficient (Wildman–Crippen LogP) is 3.98. The molecule has 0 amide bonds. The van der Waals surface area contributed by atoms with Gasteiger partial charge in [-0.05, 0) is 12.1 Å². The molecule has 1 atom stereocenters. The summed E-state index contributed by atoms with van der Waals surface area (Å²) in [6.45, 7) is -0.694. The highest BCUT2D eigenvalue weighted by Gasteiger charge is 2.42. The Morgan fingerprint density at radius 1 is 1.30 bits per heavy atom. The zero-order valence-corrected chi connectivity index (χ0v) is 11.9. The SMILES string of the molecule is NC(=NO)C(CNc1c(Cl)cc(Cl)cc1Cl)C(F)(F)F. The lowest BCUT2D eigenvalue weighted by atomic mass is 10.1. The van der Waals surface area contributed by atoms with E-state index in [1.165, 1.54) is 12.1 Å². The lowest BCUT2D eigenvalue weighted by Gasteiger charge is -2.20. The van der Waals surface area contributed by atoms with Crippen LogP contribution in [0.3, 0.4) is 0 Å². The van der Waals surface area contributed by atoms with E-state index in [-0.39, 0.29) is 20.8 Å². The van der Waals surface area contributed by atoms with Gasteiger partial charge in [-0.25, -0.2) is 0 Å². The summed E-state index contributed by atoms with van der Waals surface area (Å²) in [5, 5.41) is 13.5. The highest BCUT2D eigenvalue weighted by molar-refractivity contribution is 6.41. The third-order valence-corrected chi connectivity index (χ3v) is 3.17. The number of nitrogens with two attached hydrogens (primary N) is 1. The lowest BCUT2D eigenvalue weighted by Crippen LogP contribution is -2.40. The van der Waals surface area contributed by atoms with Gasteiger partial charge in [0, 0.05) is 11.6 Å². The highest BCUT2D eigenvalue weighted by atomic mass is 35.5. The molecule has 20 heavy (non-hydrogen) atoms. The Bertz CT molecular complexity index is 499. The number of oxime groups is 1. The minimum atomic E-state index is -4.69. The zero-order chi connectivity index (χ0) is 15.5. The van der Waals surface area contributed by atoms with Crippen LogP contribution in [0.15, 0.2) is 17.3 Å². The number of benzene rings is 1. The Morgan fingerprint density at radius 2 is 1.80 bits per heavy atom. The van der Waals surface area contributed by atoms with Crippen molar-refractivity contribution in [3.63, 3.8) is 0 Å². The lowest BCUT2D eigenvalue weighted by molar-refractivity contribution is -0.152. The smallest absolute Gasteiger partial charge is 0.400 e. The Labute approximate surface area is 127 Å². The molecule has 0 aliphatic carbocycles. The van der Waals surface area contributed by atoms with Crippen molar-refractivity contribution in [2.24, 2.45) is 16.8 Å². The number of nitrogens with one attached hydrogen (secondary N) is 1. The monoisotopic (exact) mass is 349 g/mol. The third-order valence-electron chi connectivity index (χ3n) is 2.36. The van der Waals surface area contributed by atoms with Crippen LogP contribution >= 0.6 is 34.8 Å². The molecule has 0 radical (unpaired) electrons. The number of anilines is 1. The van der Waals surface area contributed by atoms with Crippen molar-refractivity contribution in [2.45, 2.75) is 6.18 Å². The van der Waals surface area contributed by atoms with Crippen LogP contribution in [0.5, 0.6) is 0 Å². The number of halogens is 6. The molecule has 1 aromatic carbocycles. The standard InChI is InChI=1S/C10H9Cl3F3N3O/c11-4-1-6(12)8(7(13)2-4)18-3-5(9(17)19-20)10(14,15)16/h1-2,5,18,20H,3H2,(H2,17,19). The topological polar surface area (TPSA) is 70.6 Å². The number of amidine groups is 1. The van der Waals surface area contributed by atoms with Gasteiger partial charge in [-0.15, -0.1) is 0 Å². The van der Waals surface area contributed by atoms with Crippen LogP contribution in [0.4, 0.5) is 18.9 Å². The number of hydrogen-bond acceptors (Lipinski definition) is 3. The molecule has 0 spiro atoms. The van der Waals surface area contributed by atoms with Gasteiger partial charge in [0.25, 0.3) is 0 Å². The highest BCUT2D eigenvalue weighted by Crippen LogP contribution is 2.35. The van der Waals surface area contributed by atoms with Crippen molar-refractivity contribution >= 4 is 46.3 Å². The average Bonchev–Trinajstić information content (AvgIpc) is 2.30. The Morgan fingerprint density at radius 3 is 2.20 bits per heavy atom. The maximum atomic E-state index is 12.7. The van der Waals surface area contributed by atoms with Crippen LogP contribution in [0.1, 0.15) is 0 Å². The molecule has 4 nitrogen and oxygen atoms in total. The summed E-state index contributed by atoms with van der Waals surface area (Å²) < 4.78 is 38.2. The van der Waals surface area contributed by atoms with Gasteiger partial charge >= 0.3 is 6.18 Å². The van der Waals surface area contributed by atoms with E-state index >= 15 is 0 Å². The summed E-state index contributed by atoms with van der Waals surface area (Å²) in [6.07, 6.45) is -4.69. The van der Waals surface area contributed by atoms with Crippen LogP contribution in [0.25, 0.3) is 0 Å². The van der Waals surface area contributed by atoms with Crippen molar-refractivity contribution in [3.8, 4) is 0 Å². The molecule has 1 aromatic rings. The molecule has 0 bridgehead atoms. The molecule has 0 aromatic heterocycles. The summed E-state index contributed by atoms with van der Waals surface area (Å²) in [7, 11) is 0. The fourth-order valence-corrected chi connectivity index (χ4v) is 2.32. The van der Waals surface area contributed by atoms with Crippen molar-refractivity contribution in [2.75, 3.05) is 11.9 Å². The van der Waals surface area contributed by atoms with E-state index in [2.05, 4.69) is 10.5 Å². The van der Waals surface area contributed by atoms with E-state index in [0.717, 1.165) is 0 Å². The summed E-state index contributed by atoms with van der Waals surface area (Å²) in [4.78, 5) is 0. The fraction of sp³-hybridized carbons (Fsp3) is 0.300. The number of alkyl halides is 3. The largest absolute Gasteiger partial charge is 0.409 e. The van der Waals surface area contributed by atoms with Crippen molar-refractivity contribution < 1.29 is 18.4 Å². The van der Waals surface area contributed by atoms with Crippen LogP contribution in [0, 0.1) is 5.92 Å². The maximum absolute atomic E-state index is 12.7. The molecule has 0 aliphatic rings. The second-order valence-electron chi connectivity index (χ2n) is 3.74. The van der Waals surface area contributed by atoms with Gasteiger partial charge in [-0.3, -0.25) is 0 Å². The van der Waals surface area contributed by atoms with Gasteiger partial charge < -0.3 is 16.3 Å². The molecular weight excluding hydrogens is 341 g/mol. The van der Waals surface area contributed by atoms with Gasteiger partial charge in [0.05, 0.1) is 15.7 Å². The van der Waals surface area contributed by atoms with Crippen LogP contribution in [-0.2, 0) is 0 Å². The first kappa shape index (κ1) is 17.0. The molecular formula is C10H9Cl3F3N3O. The molecule has 0 saturated heterocycles. The number of nitrogens with zero attached hydrogens (tertiary/aromatic N) is 1. The summed E-state index contributed by atoms with van der Waals surface area (Å²) in [5.74, 6) is -3.15. The zero-order valence-electron chi connectivity index (χ0n) is 9.68. The molecule has 0 fully saturated rings. The molecule has 1 unspecified atom stereocenters. The molecule has 112 valence electrons. The van der Waals surface area contributed by atoms with E-state index in [4.69, 9.17) is 45.7 Å². The predicted molar refractivity (Wildman–Crippen MR) is 72.9 cm³/mol. The molecule has 0 heterocycles. The van der Waals surface area contributed by atoms with Crippen molar-refractivity contribution in [1.29, 1.82) is 0 Å². The summed E-state index contributed by atoms with van der Waals surface area (Å²) in [5.41, 5.74) is 5.10. The Kier molecular flexibility index (Phi) is 5.61. The van der Waals surface area contributed by atoms with Gasteiger partial charge in [-0.1, -0.05) is 40.0 Å². The normalized spacial score (nSPS) is 14.2. The molecule has 1 rings (SSSR count). The molecule has 4 N–H and O–H groups in total. The number of rotatable bonds is 4. The van der Waals surface area contributed by atoms with Gasteiger partial charge in [0.15, 0.2) is 5.84 Å². The van der Waals surface area contributed by atoms with Crippen LogP contribution in [-0.4, -0.2) is 23.8 Å². The summed E-state index contributed by atoms with van der Waals surface area (Å²) in [6, 6.07) is 2.65. The molecule has 0 saturated carbocycles. The summed E-state index contributed by atoms with van der Waals surface area (Å²) >= 11 is 17.3. The first-order valence-corrected chi connectivity index (χ1v) is 6.22. The quantitative estimate of drug-likeness (QED) is 0.333. The van der Waals surface area contributed by atoms with Crippen molar-refractivity contribution in [3.05, 3.63) is 27.2 Å². The third kappa shape index (κ3) is 4.22. The molecule has 0 aliphatic heterocycles. The first-order chi connectivity index (χ1) is 9.16. The van der Waals surface area contributed by atoms with Gasteiger partial charge in [0.1, 0.15) is 5.92 Å². The maximum Gasteiger partial charge on any atom is 0.400 e. The van der Waals surface area contributed by atoms with Crippen molar-refractivity contribution in [1.82, 2.24) is 0 Å². The molecule has 10 heteroatoms. The Hall–Kier alpha value is -1.05. The number of hydrogen-bond donors (Lipinski definition) is 3. The van der Waals surface area contributed by atoms with E-state index in [1.807, 2.05) is 0 Å². The van der Waals surface area contributed by atoms with Crippen LogP contribution in [0.2, 0.25) is 15.1 Å². The first-order valence-electron chi connectivity index (χ1n) is 5.09. The van der Waals surface area contributed by atoms with Gasteiger partial charge in [0.2, 0.25) is 0 Å². The van der Waals surface area contributed by atoms with E-state index in [0.29, 0.717) is 0 Å².